The van der Waals surface area contributed by atoms with Crippen LogP contribution in [0, 0.1) is 11.6 Å². The minimum atomic E-state index is -0.792. The molecule has 5 nitrogen and oxygen atoms in total. The van der Waals surface area contributed by atoms with Crippen molar-refractivity contribution in [1.82, 2.24) is 0 Å². The summed E-state index contributed by atoms with van der Waals surface area (Å²) in [6.45, 7) is 2.50. The van der Waals surface area contributed by atoms with Crippen molar-refractivity contribution in [2.75, 3.05) is 18.5 Å². The average Bonchev–Trinajstić information content (AvgIpc) is 2.57. The first-order chi connectivity index (χ1) is 11.9. The molecule has 0 radical (unpaired) electrons. The minimum absolute atomic E-state index is 0.283. The fraction of sp³-hybridized carbons (Fsp3) is 0.222. The molecule has 25 heavy (non-hydrogen) atoms. The highest BCUT2D eigenvalue weighted by Crippen LogP contribution is 2.30. The third-order valence-corrected chi connectivity index (χ3v) is 3.94. The van der Waals surface area contributed by atoms with E-state index in [4.69, 9.17) is 10.5 Å². The van der Waals surface area contributed by atoms with E-state index >= 15 is 0 Å². The molecular weight excluding hydrogens is 328 g/mol. The molecule has 0 saturated carbocycles. The second-order valence-corrected chi connectivity index (χ2v) is 6.03. The fourth-order valence-electron chi connectivity index (χ4n) is 2.69. The van der Waals surface area contributed by atoms with Gasteiger partial charge in [0.25, 0.3) is 5.91 Å². The molecule has 1 unspecified atom stereocenters. The molecule has 3 rings (SSSR count). The topological polar surface area (TPSA) is 76.7 Å². The van der Waals surface area contributed by atoms with Crippen LogP contribution in [0.15, 0.2) is 47.5 Å². The lowest BCUT2D eigenvalue weighted by atomic mass is 9.92. The van der Waals surface area contributed by atoms with Crippen molar-refractivity contribution in [2.24, 2.45) is 10.7 Å². The van der Waals surface area contributed by atoms with E-state index in [9.17, 15) is 13.6 Å². The lowest BCUT2D eigenvalue weighted by molar-refractivity contribution is 0.102. The van der Waals surface area contributed by atoms with Crippen LogP contribution in [0.25, 0.3) is 0 Å². The van der Waals surface area contributed by atoms with Crippen LogP contribution >= 0.6 is 0 Å². The quantitative estimate of drug-likeness (QED) is 0.898. The van der Waals surface area contributed by atoms with E-state index in [1.165, 1.54) is 0 Å². The summed E-state index contributed by atoms with van der Waals surface area (Å²) in [5.74, 6) is -1.82. The van der Waals surface area contributed by atoms with Crippen LogP contribution in [0.2, 0.25) is 0 Å². The summed E-state index contributed by atoms with van der Waals surface area (Å²) in [7, 11) is 0. The zero-order chi connectivity index (χ0) is 18.0. The molecule has 0 bridgehead atoms. The smallest absolute Gasteiger partial charge is 0.258 e. The van der Waals surface area contributed by atoms with Gasteiger partial charge in [0.05, 0.1) is 12.2 Å². The van der Waals surface area contributed by atoms with E-state index < -0.39 is 23.1 Å². The second kappa shape index (κ2) is 6.60. The van der Waals surface area contributed by atoms with Gasteiger partial charge in [-0.1, -0.05) is 12.1 Å². The maximum atomic E-state index is 13.7. The zero-order valence-electron chi connectivity index (χ0n) is 13.6. The summed E-state index contributed by atoms with van der Waals surface area (Å²) in [6, 6.07) is 9.66. The van der Waals surface area contributed by atoms with Crippen LogP contribution in [-0.2, 0) is 10.3 Å². The van der Waals surface area contributed by atoms with E-state index in [2.05, 4.69) is 10.3 Å². The number of anilines is 1. The van der Waals surface area contributed by atoms with Gasteiger partial charge in [-0.05, 0) is 42.8 Å². The van der Waals surface area contributed by atoms with Gasteiger partial charge < -0.3 is 15.8 Å². The molecule has 1 heterocycles. The fourth-order valence-corrected chi connectivity index (χ4v) is 2.69. The van der Waals surface area contributed by atoms with Crippen LogP contribution in [-0.4, -0.2) is 25.0 Å². The van der Waals surface area contributed by atoms with E-state index in [0.29, 0.717) is 18.1 Å². The first kappa shape index (κ1) is 17.0. The second-order valence-electron chi connectivity index (χ2n) is 6.03. The molecule has 2 aromatic carbocycles. The Morgan fingerprint density at radius 2 is 2.08 bits per heavy atom. The molecule has 130 valence electrons. The molecule has 3 N–H and O–H groups in total. The van der Waals surface area contributed by atoms with Gasteiger partial charge in [0, 0.05) is 5.69 Å². The summed E-state index contributed by atoms with van der Waals surface area (Å²) < 4.78 is 32.4. The molecule has 0 saturated heterocycles. The summed E-state index contributed by atoms with van der Waals surface area (Å²) in [5.41, 5.74) is 5.94. The number of benzene rings is 2. The Balaban J connectivity index is 1.86. The standard InChI is InChI=1S/C18H17F2N3O2/c1-18(10-25-9-16(21)23-18)11-3-2-4-13(7-11)22-17(24)14-8-12(19)5-6-15(14)20/h2-8H,9-10H2,1H3,(H2,21,23)(H,22,24). The number of nitrogens with two attached hydrogens (primary N) is 1. The van der Waals surface area contributed by atoms with Gasteiger partial charge in [-0.2, -0.15) is 0 Å². The number of amides is 1. The number of nitrogens with one attached hydrogen (secondary N) is 1. The number of ether oxygens (including phenoxy) is 1. The van der Waals surface area contributed by atoms with Crippen LogP contribution in [0.5, 0.6) is 0 Å². The van der Waals surface area contributed by atoms with E-state index in [1.807, 2.05) is 13.0 Å². The number of carbonyl (C=O) groups excluding carboxylic acids is 1. The zero-order valence-corrected chi connectivity index (χ0v) is 13.6. The molecule has 0 aromatic heterocycles. The van der Waals surface area contributed by atoms with Crippen LogP contribution in [0.4, 0.5) is 14.5 Å². The van der Waals surface area contributed by atoms with Gasteiger partial charge in [0.2, 0.25) is 0 Å². The predicted molar refractivity (Wildman–Crippen MR) is 90.5 cm³/mol. The van der Waals surface area contributed by atoms with Crippen molar-refractivity contribution in [3.05, 3.63) is 65.2 Å². The Labute approximate surface area is 143 Å². The molecule has 1 amide bonds. The summed E-state index contributed by atoms with van der Waals surface area (Å²) in [6.07, 6.45) is 0. The predicted octanol–water partition coefficient (Wildman–Crippen LogP) is 2.82. The van der Waals surface area contributed by atoms with Crippen molar-refractivity contribution in [3.8, 4) is 0 Å². The molecule has 0 aliphatic carbocycles. The molecule has 1 aliphatic heterocycles. The van der Waals surface area contributed by atoms with Crippen molar-refractivity contribution in [3.63, 3.8) is 0 Å². The maximum absolute atomic E-state index is 13.7. The Kier molecular flexibility index (Phi) is 4.50. The van der Waals surface area contributed by atoms with Crippen LogP contribution in [0.3, 0.4) is 0 Å². The van der Waals surface area contributed by atoms with Crippen molar-refractivity contribution < 1.29 is 18.3 Å². The Morgan fingerprint density at radius 3 is 2.84 bits per heavy atom. The molecule has 2 aromatic rings. The van der Waals surface area contributed by atoms with Crippen LogP contribution < -0.4 is 11.1 Å². The van der Waals surface area contributed by atoms with Crippen molar-refractivity contribution in [2.45, 2.75) is 12.5 Å². The average molecular weight is 345 g/mol. The third kappa shape index (κ3) is 3.66. The maximum Gasteiger partial charge on any atom is 0.258 e. The first-order valence-corrected chi connectivity index (χ1v) is 7.66. The van der Waals surface area contributed by atoms with E-state index in [1.54, 1.807) is 18.2 Å². The normalized spacial score (nSPS) is 20.0. The number of amidine groups is 1. The minimum Gasteiger partial charge on any atom is -0.386 e. The number of carbonyl (C=O) groups is 1. The molecule has 1 aliphatic rings. The molecule has 7 heteroatoms. The van der Waals surface area contributed by atoms with Gasteiger partial charge in [0.15, 0.2) is 0 Å². The Morgan fingerprint density at radius 1 is 1.28 bits per heavy atom. The lowest BCUT2D eigenvalue weighted by Gasteiger charge is -2.30. The monoisotopic (exact) mass is 345 g/mol. The summed E-state index contributed by atoms with van der Waals surface area (Å²) >= 11 is 0. The number of nitrogens with zero attached hydrogens (tertiary/aromatic N) is 1. The largest absolute Gasteiger partial charge is 0.386 e. The number of halogens is 2. The van der Waals surface area contributed by atoms with Crippen LogP contribution in [0.1, 0.15) is 22.8 Å². The van der Waals surface area contributed by atoms with Gasteiger partial charge in [0.1, 0.15) is 29.6 Å². The third-order valence-electron chi connectivity index (χ3n) is 3.94. The van der Waals surface area contributed by atoms with Gasteiger partial charge in [-0.15, -0.1) is 0 Å². The number of hydrogen-bond acceptors (Lipinski definition) is 4. The number of rotatable bonds is 3. The highest BCUT2D eigenvalue weighted by atomic mass is 19.1. The summed E-state index contributed by atoms with van der Waals surface area (Å²) in [4.78, 5) is 16.7. The van der Waals surface area contributed by atoms with E-state index in [0.717, 1.165) is 23.8 Å². The Hall–Kier alpha value is -2.80. The number of aliphatic imine (C=N–C) groups is 1. The SMILES string of the molecule is CC1(c2cccc(NC(=O)c3cc(F)ccc3F)c2)COCC(N)=N1. The van der Waals surface area contributed by atoms with E-state index in [-0.39, 0.29) is 12.2 Å². The summed E-state index contributed by atoms with van der Waals surface area (Å²) in [5, 5.41) is 2.57. The molecule has 0 spiro atoms. The van der Waals surface area contributed by atoms with Gasteiger partial charge in [-0.3, -0.25) is 9.79 Å². The highest BCUT2D eigenvalue weighted by Gasteiger charge is 2.30. The molecule has 0 fully saturated rings. The highest BCUT2D eigenvalue weighted by molar-refractivity contribution is 6.04. The molecule has 1 atom stereocenters. The number of hydrogen-bond donors (Lipinski definition) is 2. The molecular formula is C18H17F2N3O2. The van der Waals surface area contributed by atoms with Gasteiger partial charge in [-0.25, -0.2) is 8.78 Å². The van der Waals surface area contributed by atoms with Gasteiger partial charge >= 0.3 is 0 Å². The Bertz CT molecular complexity index is 854. The van der Waals surface area contributed by atoms with Crippen molar-refractivity contribution in [1.29, 1.82) is 0 Å². The van der Waals surface area contributed by atoms with Crippen molar-refractivity contribution >= 4 is 17.4 Å². The first-order valence-electron chi connectivity index (χ1n) is 7.66. The lowest BCUT2D eigenvalue weighted by Crippen LogP contribution is -2.37.